The molecule has 0 aliphatic rings. The maximum Gasteiger partial charge on any atom is 0.337 e. The summed E-state index contributed by atoms with van der Waals surface area (Å²) in [6.07, 6.45) is 0. The van der Waals surface area contributed by atoms with Gasteiger partial charge in [0.05, 0.1) is 31.2 Å². The van der Waals surface area contributed by atoms with Crippen molar-refractivity contribution in [3.8, 4) is 5.75 Å². The lowest BCUT2D eigenvalue weighted by Crippen LogP contribution is -2.37. The minimum absolute atomic E-state index is 0.0168. The molecule has 0 saturated carbocycles. The van der Waals surface area contributed by atoms with E-state index >= 15 is 0 Å². The highest BCUT2D eigenvalue weighted by Gasteiger charge is 2.27. The van der Waals surface area contributed by atoms with Crippen molar-refractivity contribution in [2.75, 3.05) is 26.1 Å². The van der Waals surface area contributed by atoms with Gasteiger partial charge in [-0.25, -0.2) is 13.2 Å². The lowest BCUT2D eigenvalue weighted by Gasteiger charge is -2.22. The molecule has 0 unspecified atom stereocenters. The molecular formula is C25H26N2O6S. The lowest BCUT2D eigenvalue weighted by molar-refractivity contribution is -0.116. The average molecular weight is 483 g/mol. The molecule has 1 N–H and O–H groups in total. The van der Waals surface area contributed by atoms with Crippen LogP contribution in [0.2, 0.25) is 0 Å². The number of ether oxygens (including phenoxy) is 2. The van der Waals surface area contributed by atoms with E-state index in [-0.39, 0.29) is 11.4 Å². The third-order valence-corrected chi connectivity index (χ3v) is 6.90. The largest absolute Gasteiger partial charge is 0.496 e. The highest BCUT2D eigenvalue weighted by Crippen LogP contribution is 2.25. The Kier molecular flexibility index (Phi) is 8.04. The summed E-state index contributed by atoms with van der Waals surface area (Å²) < 4.78 is 38.0. The molecule has 3 aromatic rings. The van der Waals surface area contributed by atoms with Crippen molar-refractivity contribution in [2.24, 2.45) is 0 Å². The van der Waals surface area contributed by atoms with Crippen molar-refractivity contribution in [2.45, 2.75) is 18.4 Å². The van der Waals surface area contributed by atoms with Gasteiger partial charge in [-0.05, 0) is 60.5 Å². The Labute approximate surface area is 199 Å². The zero-order chi connectivity index (χ0) is 24.7. The van der Waals surface area contributed by atoms with Crippen molar-refractivity contribution >= 4 is 27.6 Å². The molecule has 0 aliphatic heterocycles. The Balaban J connectivity index is 1.84. The Morgan fingerprint density at radius 1 is 0.941 bits per heavy atom. The van der Waals surface area contributed by atoms with Crippen LogP contribution in [0.15, 0.2) is 77.7 Å². The van der Waals surface area contributed by atoms with E-state index in [4.69, 9.17) is 4.74 Å². The molecule has 3 aromatic carbocycles. The normalized spacial score (nSPS) is 11.2. The molecular weight excluding hydrogens is 456 g/mol. The Hall–Kier alpha value is -3.69. The van der Waals surface area contributed by atoms with Crippen LogP contribution in [0.5, 0.6) is 5.75 Å². The van der Waals surface area contributed by atoms with Gasteiger partial charge in [-0.2, -0.15) is 4.31 Å². The number of rotatable bonds is 9. The quantitative estimate of drug-likeness (QED) is 0.468. The molecule has 1 amide bonds. The van der Waals surface area contributed by atoms with E-state index in [0.717, 1.165) is 9.87 Å². The van der Waals surface area contributed by atoms with Crippen molar-refractivity contribution in [3.05, 3.63) is 89.5 Å². The first-order valence-electron chi connectivity index (χ1n) is 10.4. The SMILES string of the molecule is COC(=O)c1ccc(NC(=O)CN(Cc2ccccc2)S(=O)(=O)c2ccc(OC)c(C)c2)cc1. The van der Waals surface area contributed by atoms with Gasteiger partial charge in [0.15, 0.2) is 0 Å². The number of aryl methyl sites for hydroxylation is 1. The third-order valence-electron chi connectivity index (χ3n) is 5.12. The van der Waals surface area contributed by atoms with E-state index < -0.39 is 28.4 Å². The van der Waals surface area contributed by atoms with E-state index in [1.54, 1.807) is 49.4 Å². The monoisotopic (exact) mass is 482 g/mol. The van der Waals surface area contributed by atoms with Crippen LogP contribution in [0.25, 0.3) is 0 Å². The number of nitrogens with one attached hydrogen (secondary N) is 1. The van der Waals surface area contributed by atoms with Crippen molar-refractivity contribution in [3.63, 3.8) is 0 Å². The lowest BCUT2D eigenvalue weighted by atomic mass is 10.2. The average Bonchev–Trinajstić information content (AvgIpc) is 2.84. The van der Waals surface area contributed by atoms with Crippen LogP contribution in [0.4, 0.5) is 5.69 Å². The van der Waals surface area contributed by atoms with Crippen LogP contribution in [0.3, 0.4) is 0 Å². The van der Waals surface area contributed by atoms with Gasteiger partial charge in [-0.1, -0.05) is 30.3 Å². The van der Waals surface area contributed by atoms with Gasteiger partial charge < -0.3 is 14.8 Å². The van der Waals surface area contributed by atoms with Crippen molar-refractivity contribution in [1.29, 1.82) is 0 Å². The summed E-state index contributed by atoms with van der Waals surface area (Å²) in [7, 11) is -1.20. The Morgan fingerprint density at radius 3 is 2.21 bits per heavy atom. The molecule has 0 spiro atoms. The van der Waals surface area contributed by atoms with Gasteiger partial charge in [0.1, 0.15) is 5.75 Å². The van der Waals surface area contributed by atoms with E-state index in [1.807, 2.05) is 6.07 Å². The number of benzene rings is 3. The second kappa shape index (κ2) is 11.0. The van der Waals surface area contributed by atoms with E-state index in [1.165, 1.54) is 38.5 Å². The van der Waals surface area contributed by atoms with E-state index in [9.17, 15) is 18.0 Å². The molecule has 0 atom stereocenters. The predicted octanol–water partition coefficient (Wildman–Crippen LogP) is 3.62. The maximum absolute atomic E-state index is 13.5. The first-order valence-corrected chi connectivity index (χ1v) is 11.9. The second-order valence-corrected chi connectivity index (χ2v) is 9.45. The number of amides is 1. The number of esters is 1. The van der Waals surface area contributed by atoms with Gasteiger partial charge >= 0.3 is 5.97 Å². The topological polar surface area (TPSA) is 102 Å². The van der Waals surface area contributed by atoms with Crippen molar-refractivity contribution < 1.29 is 27.5 Å². The number of hydrogen-bond donors (Lipinski definition) is 1. The van der Waals surface area contributed by atoms with Crippen LogP contribution in [0, 0.1) is 6.92 Å². The first-order chi connectivity index (χ1) is 16.2. The van der Waals surface area contributed by atoms with Gasteiger partial charge in [0.2, 0.25) is 15.9 Å². The Bertz CT molecular complexity index is 1260. The first kappa shape index (κ1) is 24.9. The van der Waals surface area contributed by atoms with Crippen LogP contribution < -0.4 is 10.1 Å². The smallest absolute Gasteiger partial charge is 0.337 e. The molecule has 178 valence electrons. The highest BCUT2D eigenvalue weighted by molar-refractivity contribution is 7.89. The Morgan fingerprint density at radius 2 is 1.62 bits per heavy atom. The fraction of sp³-hybridized carbons (Fsp3) is 0.200. The molecule has 0 fully saturated rings. The van der Waals surface area contributed by atoms with Gasteiger partial charge in [0, 0.05) is 12.2 Å². The number of anilines is 1. The molecule has 0 radical (unpaired) electrons. The minimum atomic E-state index is -4.00. The standard InChI is InChI=1S/C25H26N2O6S/c1-18-15-22(13-14-23(18)32-2)34(30,31)27(16-19-7-5-4-6-8-19)17-24(28)26-21-11-9-20(10-12-21)25(29)33-3/h4-15H,16-17H2,1-3H3,(H,26,28). The van der Waals surface area contributed by atoms with Crippen LogP contribution >= 0.6 is 0 Å². The van der Waals surface area contributed by atoms with Crippen LogP contribution in [-0.4, -0.2) is 45.4 Å². The van der Waals surface area contributed by atoms with Gasteiger partial charge in [-0.15, -0.1) is 0 Å². The number of carbonyl (C=O) groups is 2. The summed E-state index contributed by atoms with van der Waals surface area (Å²) in [5.74, 6) is -0.440. The fourth-order valence-corrected chi connectivity index (χ4v) is 4.81. The van der Waals surface area contributed by atoms with Crippen molar-refractivity contribution in [1.82, 2.24) is 4.31 Å². The number of methoxy groups -OCH3 is 2. The summed E-state index contributed by atoms with van der Waals surface area (Å²) in [5.41, 5.74) is 2.17. The molecule has 0 bridgehead atoms. The summed E-state index contributed by atoms with van der Waals surface area (Å²) >= 11 is 0. The van der Waals surface area contributed by atoms with Gasteiger partial charge in [0.25, 0.3) is 0 Å². The van der Waals surface area contributed by atoms with Crippen LogP contribution in [-0.2, 0) is 26.1 Å². The summed E-state index contributed by atoms with van der Waals surface area (Å²) in [5, 5.41) is 2.68. The number of nitrogens with zero attached hydrogens (tertiary/aromatic N) is 1. The van der Waals surface area contributed by atoms with E-state index in [0.29, 0.717) is 22.6 Å². The highest BCUT2D eigenvalue weighted by atomic mass is 32.2. The zero-order valence-corrected chi connectivity index (χ0v) is 20.0. The maximum atomic E-state index is 13.5. The molecule has 0 aliphatic carbocycles. The minimum Gasteiger partial charge on any atom is -0.496 e. The number of carbonyl (C=O) groups excluding carboxylic acids is 2. The summed E-state index contributed by atoms with van der Waals surface area (Å²) in [6.45, 7) is 1.37. The number of sulfonamides is 1. The zero-order valence-electron chi connectivity index (χ0n) is 19.1. The molecule has 0 saturated heterocycles. The fourth-order valence-electron chi connectivity index (χ4n) is 3.34. The predicted molar refractivity (Wildman–Crippen MR) is 128 cm³/mol. The van der Waals surface area contributed by atoms with Gasteiger partial charge in [-0.3, -0.25) is 4.79 Å². The van der Waals surface area contributed by atoms with Crippen LogP contribution in [0.1, 0.15) is 21.5 Å². The molecule has 8 nitrogen and oxygen atoms in total. The molecule has 34 heavy (non-hydrogen) atoms. The summed E-state index contributed by atoms with van der Waals surface area (Å²) in [6, 6.07) is 19.7. The molecule has 0 heterocycles. The number of hydrogen-bond acceptors (Lipinski definition) is 6. The third kappa shape index (κ3) is 6.00. The summed E-state index contributed by atoms with van der Waals surface area (Å²) in [4.78, 5) is 24.5. The molecule has 9 heteroatoms. The second-order valence-electron chi connectivity index (χ2n) is 7.51. The molecule has 3 rings (SSSR count). The molecule has 0 aromatic heterocycles. The van der Waals surface area contributed by atoms with E-state index in [2.05, 4.69) is 10.1 Å².